The lowest BCUT2D eigenvalue weighted by Crippen LogP contribution is -2.35. The summed E-state index contributed by atoms with van der Waals surface area (Å²) < 4.78 is 2.95. The van der Waals surface area contributed by atoms with Crippen molar-refractivity contribution in [2.24, 2.45) is 10.1 Å². The van der Waals surface area contributed by atoms with Crippen LogP contribution < -0.4 is 0 Å². The van der Waals surface area contributed by atoms with Gasteiger partial charge in [-0.3, -0.25) is 10.2 Å². The molecule has 1 aromatic heterocycles. The summed E-state index contributed by atoms with van der Waals surface area (Å²) in [7, 11) is 0. The molecule has 0 radical (unpaired) electrons. The third-order valence-electron chi connectivity index (χ3n) is 5.71. The smallest absolute Gasteiger partial charge is 0.283 e. The molecule has 0 saturated heterocycles. The van der Waals surface area contributed by atoms with E-state index in [9.17, 15) is 4.79 Å². The number of aliphatic imine (C=N–C) groups is 1. The van der Waals surface area contributed by atoms with Crippen molar-refractivity contribution in [3.8, 4) is 5.69 Å². The number of carbonyl (C=O) groups is 1. The molecule has 8 heteroatoms. The van der Waals surface area contributed by atoms with Gasteiger partial charge in [-0.15, -0.1) is 16.9 Å². The summed E-state index contributed by atoms with van der Waals surface area (Å²) >= 11 is 2.79. The van der Waals surface area contributed by atoms with Gasteiger partial charge in [0.1, 0.15) is 0 Å². The molecule has 0 bridgehead atoms. The number of amides is 1. The summed E-state index contributed by atoms with van der Waals surface area (Å²) in [5, 5.41) is 14.8. The molecule has 0 unspecified atom stereocenters. The normalized spacial score (nSPS) is 18.4. The Morgan fingerprint density at radius 2 is 1.97 bits per heavy atom. The number of hydrogen-bond donors (Lipinski definition) is 1. The van der Waals surface area contributed by atoms with Crippen LogP contribution in [0.25, 0.3) is 11.8 Å². The molecule has 31 heavy (non-hydrogen) atoms. The highest BCUT2D eigenvalue weighted by atomic mass is 32.2. The molecule has 0 saturated carbocycles. The van der Waals surface area contributed by atoms with Gasteiger partial charge >= 0.3 is 0 Å². The maximum absolute atomic E-state index is 12.6. The summed E-state index contributed by atoms with van der Waals surface area (Å²) in [6, 6.07) is 10.7. The van der Waals surface area contributed by atoms with Gasteiger partial charge in [-0.05, 0) is 79.6 Å². The Morgan fingerprint density at radius 1 is 1.26 bits per heavy atom. The van der Waals surface area contributed by atoms with E-state index in [0.29, 0.717) is 11.1 Å². The summed E-state index contributed by atoms with van der Waals surface area (Å²) in [4.78, 5) is 16.8. The number of amidine groups is 2. The van der Waals surface area contributed by atoms with Crippen molar-refractivity contribution >= 4 is 50.9 Å². The van der Waals surface area contributed by atoms with Gasteiger partial charge < -0.3 is 4.57 Å². The Labute approximate surface area is 191 Å². The van der Waals surface area contributed by atoms with Crippen molar-refractivity contribution in [2.75, 3.05) is 6.26 Å². The minimum Gasteiger partial charge on any atom is -0.318 e. The maximum atomic E-state index is 12.6. The number of thioether (sulfide) groups is 2. The van der Waals surface area contributed by atoms with Crippen molar-refractivity contribution in [1.82, 2.24) is 9.58 Å². The van der Waals surface area contributed by atoms with Gasteiger partial charge in [-0.1, -0.05) is 26.0 Å². The van der Waals surface area contributed by atoms with Gasteiger partial charge in [0.05, 0.1) is 5.57 Å². The van der Waals surface area contributed by atoms with Gasteiger partial charge in [-0.2, -0.15) is 10.0 Å². The van der Waals surface area contributed by atoms with Gasteiger partial charge in [0.2, 0.25) is 5.17 Å². The molecular formula is C23H25N5OS2. The third-order valence-corrected chi connectivity index (χ3v) is 7.60. The topological polar surface area (TPSA) is 73.8 Å². The van der Waals surface area contributed by atoms with Crippen LogP contribution in [0, 0.1) is 19.3 Å². The number of fused-ring (bicyclic) bond motifs is 1. The molecular weight excluding hydrogens is 426 g/mol. The largest absolute Gasteiger partial charge is 0.318 e. The van der Waals surface area contributed by atoms with Crippen molar-refractivity contribution in [2.45, 2.75) is 40.0 Å². The van der Waals surface area contributed by atoms with Crippen molar-refractivity contribution in [3.63, 3.8) is 0 Å². The standard InChI is InChI=1S/C23H25N5OS2/c1-6-13(2)16-7-9-18(10-8-16)27-14(3)11-17(15(27)4)12-19-20(24)28-22(25-21(19)29)31-23(26-28)30-5/h7-13,24H,6H2,1-5H3/b19-12-,24-20?/t13-/m1/s1. The Balaban J connectivity index is 1.69. The molecule has 1 atom stereocenters. The first kappa shape index (κ1) is 21.6. The first-order chi connectivity index (χ1) is 14.8. The average molecular weight is 452 g/mol. The van der Waals surface area contributed by atoms with E-state index in [1.54, 1.807) is 6.08 Å². The number of nitrogens with zero attached hydrogens (tertiary/aromatic N) is 4. The van der Waals surface area contributed by atoms with Crippen LogP contribution in [0.4, 0.5) is 0 Å². The van der Waals surface area contributed by atoms with E-state index in [-0.39, 0.29) is 11.4 Å². The minimum atomic E-state index is -0.399. The molecule has 2 aromatic rings. The van der Waals surface area contributed by atoms with Crippen LogP contribution in [-0.4, -0.2) is 37.1 Å². The number of aryl methyl sites for hydroxylation is 1. The van der Waals surface area contributed by atoms with Crippen LogP contribution >= 0.6 is 23.5 Å². The molecule has 1 N–H and O–H groups in total. The Morgan fingerprint density at radius 3 is 2.61 bits per heavy atom. The number of nitrogens with one attached hydrogen (secondary N) is 1. The van der Waals surface area contributed by atoms with Gasteiger partial charge in [0.25, 0.3) is 5.91 Å². The van der Waals surface area contributed by atoms with Gasteiger partial charge in [0, 0.05) is 17.1 Å². The molecule has 2 aliphatic heterocycles. The summed E-state index contributed by atoms with van der Waals surface area (Å²) in [5.41, 5.74) is 5.65. The van der Waals surface area contributed by atoms with Crippen LogP contribution in [0.1, 0.15) is 48.7 Å². The van der Waals surface area contributed by atoms with E-state index in [0.717, 1.165) is 33.4 Å². The predicted octanol–water partition coefficient (Wildman–Crippen LogP) is 5.55. The lowest BCUT2D eigenvalue weighted by Gasteiger charge is -2.20. The number of hydrazone groups is 1. The average Bonchev–Trinajstić information content (AvgIpc) is 3.30. The fourth-order valence-corrected chi connectivity index (χ4v) is 5.08. The number of aromatic nitrogens is 1. The first-order valence-electron chi connectivity index (χ1n) is 10.2. The fraction of sp³-hybridized carbons (Fsp3) is 0.304. The molecule has 1 amide bonds. The quantitative estimate of drug-likeness (QED) is 0.619. The number of benzene rings is 1. The van der Waals surface area contributed by atoms with E-state index in [1.165, 1.54) is 34.1 Å². The highest BCUT2D eigenvalue weighted by Crippen LogP contribution is 2.32. The Bertz CT molecular complexity index is 1160. The van der Waals surface area contributed by atoms with E-state index in [2.05, 4.69) is 52.8 Å². The molecule has 2 aliphatic rings. The first-order valence-corrected chi connectivity index (χ1v) is 12.2. The highest BCUT2D eigenvalue weighted by molar-refractivity contribution is 8.45. The van der Waals surface area contributed by atoms with Crippen LogP contribution in [0.2, 0.25) is 0 Å². The van der Waals surface area contributed by atoms with E-state index in [4.69, 9.17) is 5.41 Å². The van der Waals surface area contributed by atoms with Crippen LogP contribution in [0.5, 0.6) is 0 Å². The SMILES string of the molecule is CC[C@@H](C)c1ccc(-n2c(C)cc(/C=C3/C(=N)N4N=C(SC)SC4=NC3=O)c2C)cc1. The second kappa shape index (κ2) is 8.51. The van der Waals surface area contributed by atoms with Gasteiger partial charge in [-0.25, -0.2) is 0 Å². The van der Waals surface area contributed by atoms with Crippen molar-refractivity contribution in [1.29, 1.82) is 5.41 Å². The monoisotopic (exact) mass is 451 g/mol. The molecule has 3 heterocycles. The fourth-order valence-electron chi connectivity index (χ4n) is 3.73. The van der Waals surface area contributed by atoms with E-state index >= 15 is 0 Å². The van der Waals surface area contributed by atoms with Crippen LogP contribution in [0.15, 0.2) is 46.0 Å². The summed E-state index contributed by atoms with van der Waals surface area (Å²) in [6.45, 7) is 8.52. The molecule has 0 aliphatic carbocycles. The van der Waals surface area contributed by atoms with Gasteiger partial charge in [0.15, 0.2) is 10.2 Å². The molecule has 0 spiro atoms. The van der Waals surface area contributed by atoms with Crippen molar-refractivity contribution in [3.05, 3.63) is 58.4 Å². The number of carbonyl (C=O) groups excluding carboxylic acids is 1. The molecule has 6 nitrogen and oxygen atoms in total. The summed E-state index contributed by atoms with van der Waals surface area (Å²) in [6.07, 6.45) is 4.78. The van der Waals surface area contributed by atoms with Crippen LogP contribution in [-0.2, 0) is 4.79 Å². The summed E-state index contributed by atoms with van der Waals surface area (Å²) in [5.74, 6) is 0.200. The third kappa shape index (κ3) is 3.90. The minimum absolute atomic E-state index is 0.0641. The molecule has 160 valence electrons. The molecule has 4 rings (SSSR count). The zero-order valence-corrected chi connectivity index (χ0v) is 19.9. The number of rotatable bonds is 4. The van der Waals surface area contributed by atoms with E-state index < -0.39 is 5.91 Å². The van der Waals surface area contributed by atoms with Crippen molar-refractivity contribution < 1.29 is 4.79 Å². The Hall–Kier alpha value is -2.58. The second-order valence-corrected chi connectivity index (χ2v) is 9.66. The number of hydrogen-bond acceptors (Lipinski definition) is 5. The lowest BCUT2D eigenvalue weighted by atomic mass is 9.98. The Kier molecular flexibility index (Phi) is 5.94. The van der Waals surface area contributed by atoms with Crippen LogP contribution in [0.3, 0.4) is 0 Å². The molecule has 0 fully saturated rings. The van der Waals surface area contributed by atoms with E-state index in [1.807, 2.05) is 26.2 Å². The predicted molar refractivity (Wildman–Crippen MR) is 132 cm³/mol. The zero-order valence-electron chi connectivity index (χ0n) is 18.3. The molecule has 1 aromatic carbocycles. The highest BCUT2D eigenvalue weighted by Gasteiger charge is 2.35. The maximum Gasteiger partial charge on any atom is 0.283 e. The lowest BCUT2D eigenvalue weighted by molar-refractivity contribution is -0.114. The zero-order chi connectivity index (χ0) is 22.3. The second-order valence-electron chi connectivity index (χ2n) is 7.65.